The molecule has 1 aromatic carbocycles. The van der Waals surface area contributed by atoms with Crippen LogP contribution in [0.1, 0.15) is 25.3 Å². The Bertz CT molecular complexity index is 478. The van der Waals surface area contributed by atoms with E-state index in [0.29, 0.717) is 13.0 Å². The number of unbranched alkanes of at least 4 members (excludes halogenated alkanes) is 1. The maximum atomic E-state index is 9.94. The topological polar surface area (TPSA) is 45.2 Å². The normalized spacial score (nSPS) is 13.0. The minimum Gasteiger partial charge on any atom is -0.390 e. The van der Waals surface area contributed by atoms with E-state index in [9.17, 15) is 5.11 Å². The third kappa shape index (κ3) is 3.34. The highest BCUT2D eigenvalue weighted by Gasteiger charge is 2.09. The zero-order valence-corrected chi connectivity index (χ0v) is 10.9. The van der Waals surface area contributed by atoms with Crippen molar-refractivity contribution in [2.24, 2.45) is 0 Å². The molecule has 0 fully saturated rings. The second-order valence-corrected chi connectivity index (χ2v) is 4.65. The summed E-state index contributed by atoms with van der Waals surface area (Å²) in [6.45, 7) is 3.28. The zero-order valence-electron chi connectivity index (χ0n) is 10.9. The molecule has 2 rings (SSSR count). The number of para-hydroxylation sites is 1. The first-order valence-corrected chi connectivity index (χ1v) is 6.62. The molecule has 0 spiro atoms. The highest BCUT2D eigenvalue weighted by atomic mass is 16.5. The summed E-state index contributed by atoms with van der Waals surface area (Å²) in [5.41, 5.74) is 2.27. The molecule has 3 nitrogen and oxygen atoms in total. The van der Waals surface area contributed by atoms with Crippen molar-refractivity contribution in [1.82, 2.24) is 4.98 Å². The molecule has 3 heteroatoms. The first-order valence-electron chi connectivity index (χ1n) is 6.62. The van der Waals surface area contributed by atoms with Gasteiger partial charge in [0.2, 0.25) is 0 Å². The summed E-state index contributed by atoms with van der Waals surface area (Å²) in [4.78, 5) is 3.22. The van der Waals surface area contributed by atoms with Gasteiger partial charge < -0.3 is 14.8 Å². The van der Waals surface area contributed by atoms with E-state index in [-0.39, 0.29) is 0 Å². The first kappa shape index (κ1) is 13.1. The number of aromatic amines is 1. The van der Waals surface area contributed by atoms with Gasteiger partial charge in [0, 0.05) is 30.1 Å². The number of hydrogen-bond donors (Lipinski definition) is 2. The fourth-order valence-corrected chi connectivity index (χ4v) is 2.08. The lowest BCUT2D eigenvalue weighted by atomic mass is 10.1. The average molecular weight is 247 g/mol. The predicted molar refractivity (Wildman–Crippen MR) is 73.7 cm³/mol. The molecule has 0 aliphatic carbocycles. The fourth-order valence-electron chi connectivity index (χ4n) is 2.08. The third-order valence-corrected chi connectivity index (χ3v) is 3.08. The minimum atomic E-state index is -0.430. The number of fused-ring (bicyclic) bond motifs is 1. The number of benzene rings is 1. The largest absolute Gasteiger partial charge is 0.390 e. The van der Waals surface area contributed by atoms with E-state index in [4.69, 9.17) is 4.74 Å². The lowest BCUT2D eigenvalue weighted by Gasteiger charge is -2.10. The van der Waals surface area contributed by atoms with Gasteiger partial charge in [0.1, 0.15) is 0 Å². The monoisotopic (exact) mass is 247 g/mol. The molecule has 0 aliphatic rings. The fraction of sp³-hybridized carbons (Fsp3) is 0.467. The Kier molecular flexibility index (Phi) is 4.79. The molecule has 1 aromatic heterocycles. The quantitative estimate of drug-likeness (QED) is 0.739. The summed E-state index contributed by atoms with van der Waals surface area (Å²) in [6.07, 6.45) is 4.36. The van der Waals surface area contributed by atoms with Crippen molar-refractivity contribution in [3.05, 3.63) is 36.0 Å². The standard InChI is InChI=1S/C15H21NO2/c1-2-3-8-18-11-13(17)9-12-10-16-15-7-5-4-6-14(12)15/h4-7,10,13,16-17H,2-3,8-9,11H2,1H3. The molecule has 0 saturated heterocycles. The lowest BCUT2D eigenvalue weighted by molar-refractivity contribution is 0.0361. The molecule has 98 valence electrons. The van der Waals surface area contributed by atoms with Gasteiger partial charge in [0.15, 0.2) is 0 Å². The molecule has 18 heavy (non-hydrogen) atoms. The van der Waals surface area contributed by atoms with E-state index < -0.39 is 6.10 Å². The molecule has 0 bridgehead atoms. The molecule has 0 aliphatic heterocycles. The van der Waals surface area contributed by atoms with Gasteiger partial charge in [-0.1, -0.05) is 31.5 Å². The van der Waals surface area contributed by atoms with Gasteiger partial charge >= 0.3 is 0 Å². The second-order valence-electron chi connectivity index (χ2n) is 4.65. The number of rotatable bonds is 7. The van der Waals surface area contributed by atoms with Gasteiger partial charge in [-0.15, -0.1) is 0 Å². The van der Waals surface area contributed by atoms with Crippen LogP contribution >= 0.6 is 0 Å². The molecule has 0 radical (unpaired) electrons. The summed E-state index contributed by atoms with van der Waals surface area (Å²) in [5.74, 6) is 0. The molecule has 1 heterocycles. The van der Waals surface area contributed by atoms with Crippen LogP contribution in [0, 0.1) is 0 Å². The van der Waals surface area contributed by atoms with Crippen LogP contribution in [0.15, 0.2) is 30.5 Å². The maximum absolute atomic E-state index is 9.94. The van der Waals surface area contributed by atoms with Gasteiger partial charge in [0.25, 0.3) is 0 Å². The van der Waals surface area contributed by atoms with Gasteiger partial charge in [0.05, 0.1) is 12.7 Å². The van der Waals surface area contributed by atoms with Crippen molar-refractivity contribution >= 4 is 10.9 Å². The van der Waals surface area contributed by atoms with E-state index in [2.05, 4.69) is 18.0 Å². The predicted octanol–water partition coefficient (Wildman–Crippen LogP) is 2.89. The summed E-state index contributed by atoms with van der Waals surface area (Å²) in [5, 5.41) is 11.1. The minimum absolute atomic E-state index is 0.416. The van der Waals surface area contributed by atoms with E-state index in [1.807, 2.05) is 24.4 Å². The van der Waals surface area contributed by atoms with Crippen molar-refractivity contribution in [3.8, 4) is 0 Å². The Labute approximate surface area is 108 Å². The van der Waals surface area contributed by atoms with Crippen LogP contribution in [-0.4, -0.2) is 29.4 Å². The van der Waals surface area contributed by atoms with E-state index in [1.165, 1.54) is 5.39 Å². The van der Waals surface area contributed by atoms with Crippen molar-refractivity contribution in [2.45, 2.75) is 32.3 Å². The zero-order chi connectivity index (χ0) is 12.8. The van der Waals surface area contributed by atoms with Crippen molar-refractivity contribution < 1.29 is 9.84 Å². The van der Waals surface area contributed by atoms with Crippen molar-refractivity contribution in [3.63, 3.8) is 0 Å². The van der Waals surface area contributed by atoms with Crippen LogP contribution in [0.2, 0.25) is 0 Å². The Morgan fingerprint density at radius 3 is 3.00 bits per heavy atom. The number of aromatic nitrogens is 1. The first-order chi connectivity index (χ1) is 8.81. The van der Waals surface area contributed by atoms with Gasteiger partial charge in [-0.2, -0.15) is 0 Å². The second kappa shape index (κ2) is 6.57. The summed E-state index contributed by atoms with van der Waals surface area (Å²) >= 11 is 0. The van der Waals surface area contributed by atoms with E-state index in [0.717, 1.165) is 30.5 Å². The number of H-pyrrole nitrogens is 1. The Balaban J connectivity index is 1.88. The molecule has 0 amide bonds. The molecule has 1 atom stereocenters. The number of ether oxygens (including phenoxy) is 1. The van der Waals surface area contributed by atoms with Crippen LogP contribution in [0.5, 0.6) is 0 Å². The van der Waals surface area contributed by atoms with Gasteiger partial charge in [-0.25, -0.2) is 0 Å². The maximum Gasteiger partial charge on any atom is 0.0814 e. The Hall–Kier alpha value is -1.32. The summed E-state index contributed by atoms with van der Waals surface area (Å²) in [6, 6.07) is 8.14. The van der Waals surface area contributed by atoms with Crippen LogP contribution < -0.4 is 0 Å². The van der Waals surface area contributed by atoms with Crippen LogP contribution in [0.3, 0.4) is 0 Å². The van der Waals surface area contributed by atoms with E-state index >= 15 is 0 Å². The Morgan fingerprint density at radius 2 is 2.17 bits per heavy atom. The third-order valence-electron chi connectivity index (χ3n) is 3.08. The SMILES string of the molecule is CCCCOCC(O)Cc1c[nH]c2ccccc12. The van der Waals surface area contributed by atoms with E-state index in [1.54, 1.807) is 0 Å². The number of aliphatic hydroxyl groups excluding tert-OH is 1. The van der Waals surface area contributed by atoms with Gasteiger partial charge in [-0.05, 0) is 18.1 Å². The summed E-state index contributed by atoms with van der Waals surface area (Å²) in [7, 11) is 0. The molecule has 2 N–H and O–H groups in total. The average Bonchev–Trinajstić information content (AvgIpc) is 2.78. The molecular weight excluding hydrogens is 226 g/mol. The summed E-state index contributed by atoms with van der Waals surface area (Å²) < 4.78 is 5.44. The van der Waals surface area contributed by atoms with Crippen LogP contribution in [-0.2, 0) is 11.2 Å². The molecule has 1 unspecified atom stereocenters. The van der Waals surface area contributed by atoms with Crippen LogP contribution in [0.25, 0.3) is 10.9 Å². The highest BCUT2D eigenvalue weighted by molar-refractivity contribution is 5.83. The number of aliphatic hydroxyl groups is 1. The molecule has 0 saturated carbocycles. The molecular formula is C15H21NO2. The Morgan fingerprint density at radius 1 is 1.33 bits per heavy atom. The van der Waals surface area contributed by atoms with Gasteiger partial charge in [-0.3, -0.25) is 0 Å². The number of hydrogen-bond acceptors (Lipinski definition) is 2. The highest BCUT2D eigenvalue weighted by Crippen LogP contribution is 2.19. The van der Waals surface area contributed by atoms with Crippen molar-refractivity contribution in [1.29, 1.82) is 0 Å². The lowest BCUT2D eigenvalue weighted by Crippen LogP contribution is -2.18. The van der Waals surface area contributed by atoms with Crippen LogP contribution in [0.4, 0.5) is 0 Å². The van der Waals surface area contributed by atoms with Crippen molar-refractivity contribution in [2.75, 3.05) is 13.2 Å². The number of nitrogens with one attached hydrogen (secondary N) is 1. The smallest absolute Gasteiger partial charge is 0.0814 e. The molecule has 2 aromatic rings.